The molecular weight excluding hydrogens is 311 g/mol. The summed E-state index contributed by atoms with van der Waals surface area (Å²) in [6.45, 7) is -0.867. The second kappa shape index (κ2) is 6.74. The summed E-state index contributed by atoms with van der Waals surface area (Å²) in [5, 5.41) is 14.4. The van der Waals surface area contributed by atoms with Crippen LogP contribution < -0.4 is 15.4 Å². The van der Waals surface area contributed by atoms with E-state index in [-0.39, 0.29) is 0 Å². The first-order chi connectivity index (χ1) is 10.1. The van der Waals surface area contributed by atoms with Gasteiger partial charge in [0.1, 0.15) is 11.3 Å². The number of urea groups is 1. The van der Waals surface area contributed by atoms with Crippen molar-refractivity contribution in [2.75, 3.05) is 13.7 Å². The number of nitrogens with zero attached hydrogens (tertiary/aromatic N) is 1. The van der Waals surface area contributed by atoms with Gasteiger partial charge in [-0.05, 0) is 6.07 Å². The van der Waals surface area contributed by atoms with Gasteiger partial charge in [-0.3, -0.25) is 20.2 Å². The van der Waals surface area contributed by atoms with Crippen molar-refractivity contribution in [3.05, 3.63) is 33.9 Å². The van der Waals surface area contributed by atoms with Gasteiger partial charge in [-0.15, -0.1) is 0 Å². The standard InChI is InChI=1S/C11H10F3N3O5/c1-15-10(19)16-9(18)5-22-8-3-2-6(17(20)21)4-7(8)11(12,13)14/h2-4H,5H2,1H3,(H2,15,16,18,19). The maximum Gasteiger partial charge on any atom is 0.420 e. The average molecular weight is 321 g/mol. The highest BCUT2D eigenvalue weighted by molar-refractivity contribution is 5.94. The number of hydrogen-bond donors (Lipinski definition) is 2. The van der Waals surface area contributed by atoms with Crippen molar-refractivity contribution in [1.82, 2.24) is 10.6 Å². The number of nitro benzene ring substituents is 1. The van der Waals surface area contributed by atoms with Crippen molar-refractivity contribution in [2.24, 2.45) is 0 Å². The fraction of sp³-hybridized carbons (Fsp3) is 0.273. The maximum atomic E-state index is 12.8. The number of non-ortho nitro benzene ring substituents is 1. The molecule has 0 fully saturated rings. The fourth-order valence-corrected chi connectivity index (χ4v) is 1.35. The molecule has 120 valence electrons. The summed E-state index contributed by atoms with van der Waals surface area (Å²) >= 11 is 0. The lowest BCUT2D eigenvalue weighted by Gasteiger charge is -2.13. The van der Waals surface area contributed by atoms with Crippen LogP contribution in [0.1, 0.15) is 5.56 Å². The molecule has 0 atom stereocenters. The number of rotatable bonds is 4. The summed E-state index contributed by atoms with van der Waals surface area (Å²) in [6, 6.07) is 0.981. The zero-order valence-corrected chi connectivity index (χ0v) is 11.1. The molecule has 0 aliphatic carbocycles. The summed E-state index contributed by atoms with van der Waals surface area (Å²) in [5.41, 5.74) is -2.16. The van der Waals surface area contributed by atoms with Gasteiger partial charge in [0.15, 0.2) is 6.61 Å². The summed E-state index contributed by atoms with van der Waals surface area (Å²) in [5.74, 6) is -1.74. The highest BCUT2D eigenvalue weighted by Gasteiger charge is 2.36. The fourth-order valence-electron chi connectivity index (χ4n) is 1.35. The Morgan fingerprint density at radius 2 is 2.00 bits per heavy atom. The number of alkyl halides is 3. The predicted octanol–water partition coefficient (Wildman–Crippen LogP) is 1.45. The molecule has 0 aliphatic heterocycles. The number of carbonyl (C=O) groups is 2. The van der Waals surface area contributed by atoms with E-state index >= 15 is 0 Å². The van der Waals surface area contributed by atoms with E-state index in [1.54, 1.807) is 5.32 Å². The summed E-state index contributed by atoms with van der Waals surface area (Å²) < 4.78 is 43.1. The number of nitro groups is 1. The topological polar surface area (TPSA) is 111 Å². The van der Waals surface area contributed by atoms with Crippen LogP contribution in [0.25, 0.3) is 0 Å². The van der Waals surface area contributed by atoms with Crippen LogP contribution in [0.15, 0.2) is 18.2 Å². The normalized spacial score (nSPS) is 10.7. The third-order valence-corrected chi connectivity index (χ3v) is 2.32. The van der Waals surface area contributed by atoms with Gasteiger partial charge in [0, 0.05) is 19.2 Å². The summed E-state index contributed by atoms with van der Waals surface area (Å²) in [7, 11) is 1.24. The first-order valence-corrected chi connectivity index (χ1v) is 5.65. The van der Waals surface area contributed by atoms with Gasteiger partial charge in [0.05, 0.1) is 4.92 Å². The van der Waals surface area contributed by atoms with Gasteiger partial charge in [0.25, 0.3) is 11.6 Å². The van der Waals surface area contributed by atoms with E-state index in [1.807, 2.05) is 0 Å². The molecule has 22 heavy (non-hydrogen) atoms. The van der Waals surface area contributed by atoms with Crippen molar-refractivity contribution in [2.45, 2.75) is 6.18 Å². The molecule has 0 aromatic heterocycles. The van der Waals surface area contributed by atoms with E-state index in [1.165, 1.54) is 7.05 Å². The third kappa shape index (κ3) is 4.61. The van der Waals surface area contributed by atoms with Gasteiger partial charge in [-0.25, -0.2) is 4.79 Å². The zero-order valence-electron chi connectivity index (χ0n) is 11.1. The number of benzene rings is 1. The Morgan fingerprint density at radius 1 is 1.36 bits per heavy atom. The molecule has 0 radical (unpaired) electrons. The van der Waals surface area contributed by atoms with Crippen molar-refractivity contribution < 1.29 is 32.4 Å². The number of halogens is 3. The molecular formula is C11H10F3N3O5. The van der Waals surface area contributed by atoms with Crippen LogP contribution in [0.2, 0.25) is 0 Å². The van der Waals surface area contributed by atoms with Crippen LogP contribution in [0.3, 0.4) is 0 Å². The van der Waals surface area contributed by atoms with E-state index in [9.17, 15) is 32.9 Å². The molecule has 1 aromatic carbocycles. The van der Waals surface area contributed by atoms with Crippen molar-refractivity contribution >= 4 is 17.6 Å². The van der Waals surface area contributed by atoms with Gasteiger partial charge in [-0.1, -0.05) is 0 Å². The van der Waals surface area contributed by atoms with E-state index in [2.05, 4.69) is 10.1 Å². The molecule has 0 saturated heterocycles. The van der Waals surface area contributed by atoms with E-state index < -0.39 is 46.6 Å². The zero-order chi connectivity index (χ0) is 16.9. The Morgan fingerprint density at radius 3 is 2.50 bits per heavy atom. The smallest absolute Gasteiger partial charge is 0.420 e. The van der Waals surface area contributed by atoms with Gasteiger partial charge < -0.3 is 10.1 Å². The molecule has 0 heterocycles. The van der Waals surface area contributed by atoms with E-state index in [0.29, 0.717) is 6.07 Å². The first kappa shape index (κ1) is 17.2. The lowest BCUT2D eigenvalue weighted by atomic mass is 10.1. The van der Waals surface area contributed by atoms with Gasteiger partial charge in [-0.2, -0.15) is 13.2 Å². The van der Waals surface area contributed by atoms with Crippen LogP contribution in [0.4, 0.5) is 23.7 Å². The maximum absolute atomic E-state index is 12.8. The van der Waals surface area contributed by atoms with E-state index in [0.717, 1.165) is 12.1 Å². The first-order valence-electron chi connectivity index (χ1n) is 5.65. The summed E-state index contributed by atoms with van der Waals surface area (Å²) in [6.07, 6.45) is -4.90. The minimum Gasteiger partial charge on any atom is -0.483 e. The van der Waals surface area contributed by atoms with E-state index in [4.69, 9.17) is 0 Å². The monoisotopic (exact) mass is 321 g/mol. The van der Waals surface area contributed by atoms with Crippen molar-refractivity contribution in [3.8, 4) is 5.75 Å². The second-order valence-electron chi connectivity index (χ2n) is 3.85. The van der Waals surface area contributed by atoms with Crippen LogP contribution in [-0.2, 0) is 11.0 Å². The van der Waals surface area contributed by atoms with Crippen LogP contribution in [-0.4, -0.2) is 30.5 Å². The summed E-state index contributed by atoms with van der Waals surface area (Å²) in [4.78, 5) is 31.6. The number of nitrogens with one attached hydrogen (secondary N) is 2. The molecule has 0 saturated carbocycles. The second-order valence-corrected chi connectivity index (χ2v) is 3.85. The van der Waals surface area contributed by atoms with Gasteiger partial charge >= 0.3 is 12.2 Å². The SMILES string of the molecule is CNC(=O)NC(=O)COc1ccc([N+](=O)[O-])cc1C(F)(F)F. The average Bonchev–Trinajstić information content (AvgIpc) is 2.43. The molecule has 0 bridgehead atoms. The molecule has 11 heteroatoms. The third-order valence-electron chi connectivity index (χ3n) is 2.32. The molecule has 1 rings (SSSR count). The lowest BCUT2D eigenvalue weighted by Crippen LogP contribution is -2.40. The largest absolute Gasteiger partial charge is 0.483 e. The number of ether oxygens (including phenoxy) is 1. The molecule has 3 amide bonds. The lowest BCUT2D eigenvalue weighted by molar-refractivity contribution is -0.385. The minimum atomic E-state index is -4.90. The van der Waals surface area contributed by atoms with Crippen LogP contribution >= 0.6 is 0 Å². The molecule has 2 N–H and O–H groups in total. The molecule has 0 unspecified atom stereocenters. The number of amides is 3. The predicted molar refractivity (Wildman–Crippen MR) is 66.2 cm³/mol. The quantitative estimate of drug-likeness (QED) is 0.644. The highest BCUT2D eigenvalue weighted by Crippen LogP contribution is 2.38. The molecule has 0 aliphatic rings. The molecule has 0 spiro atoms. The van der Waals surface area contributed by atoms with Crippen molar-refractivity contribution in [1.29, 1.82) is 0 Å². The Kier molecular flexibility index (Phi) is 5.27. The molecule has 1 aromatic rings. The van der Waals surface area contributed by atoms with Gasteiger partial charge in [0.2, 0.25) is 0 Å². The Labute approximate surface area is 121 Å². The van der Waals surface area contributed by atoms with Crippen molar-refractivity contribution in [3.63, 3.8) is 0 Å². The minimum absolute atomic E-state index is 0.298. The Bertz CT molecular complexity index is 603. The number of imide groups is 1. The van der Waals surface area contributed by atoms with Crippen LogP contribution in [0.5, 0.6) is 5.75 Å². The Hall–Kier alpha value is -2.85. The molecule has 8 nitrogen and oxygen atoms in total. The number of carbonyl (C=O) groups excluding carboxylic acids is 2. The Balaban J connectivity index is 2.93. The highest BCUT2D eigenvalue weighted by atomic mass is 19.4. The van der Waals surface area contributed by atoms with Crippen LogP contribution in [0, 0.1) is 10.1 Å². The number of hydrogen-bond acceptors (Lipinski definition) is 5.